The molecule has 1 unspecified atom stereocenters. The zero-order valence-corrected chi connectivity index (χ0v) is 16.8. The van der Waals surface area contributed by atoms with E-state index in [2.05, 4.69) is 22.8 Å². The van der Waals surface area contributed by atoms with E-state index in [0.717, 1.165) is 18.4 Å². The molecule has 5 rings (SSSR count). The van der Waals surface area contributed by atoms with Gasteiger partial charge in [0.2, 0.25) is 17.7 Å². The molecule has 1 atom stereocenters. The van der Waals surface area contributed by atoms with Gasteiger partial charge in [-0.05, 0) is 54.2 Å². The first-order valence-corrected chi connectivity index (χ1v) is 11.0. The number of amides is 3. The van der Waals surface area contributed by atoms with Crippen molar-refractivity contribution in [1.82, 2.24) is 15.5 Å². The van der Waals surface area contributed by atoms with Crippen molar-refractivity contribution < 1.29 is 14.4 Å². The van der Waals surface area contributed by atoms with E-state index in [1.165, 1.54) is 36.8 Å². The third-order valence-corrected chi connectivity index (χ3v) is 7.46. The molecule has 2 heterocycles. The monoisotopic (exact) mass is 395 g/mol. The molecule has 2 N–H and O–H groups in total. The second kappa shape index (κ2) is 7.15. The lowest BCUT2D eigenvalue weighted by atomic mass is 9.60. The molecule has 2 aliphatic carbocycles. The zero-order valence-electron chi connectivity index (χ0n) is 16.8. The fourth-order valence-corrected chi connectivity index (χ4v) is 5.79. The first-order valence-electron chi connectivity index (χ1n) is 11.0. The number of fused-ring (bicyclic) bond motifs is 1. The van der Waals surface area contributed by atoms with Gasteiger partial charge in [0.25, 0.3) is 0 Å². The van der Waals surface area contributed by atoms with E-state index in [0.29, 0.717) is 43.8 Å². The summed E-state index contributed by atoms with van der Waals surface area (Å²) in [4.78, 5) is 38.4. The number of hydrogen-bond acceptors (Lipinski definition) is 3. The molecule has 6 nitrogen and oxygen atoms in total. The number of nitrogens with one attached hydrogen (secondary N) is 2. The molecule has 1 saturated heterocycles. The topological polar surface area (TPSA) is 78.5 Å². The quantitative estimate of drug-likeness (QED) is 0.822. The summed E-state index contributed by atoms with van der Waals surface area (Å²) in [7, 11) is 0. The smallest absolute Gasteiger partial charge is 0.242 e. The van der Waals surface area contributed by atoms with E-state index in [9.17, 15) is 14.4 Å². The van der Waals surface area contributed by atoms with Gasteiger partial charge in [-0.15, -0.1) is 0 Å². The Kier molecular flexibility index (Phi) is 4.60. The Labute approximate surface area is 171 Å². The average molecular weight is 396 g/mol. The Balaban J connectivity index is 1.15. The SMILES string of the molecule is O=C1CCC(C(=O)NCc2ccc3c(c2)CN(C(=O)C2CC4(CCCC4)C2)C3)N1. The molecule has 1 aromatic rings. The number of nitrogens with zero attached hydrogens (tertiary/aromatic N) is 1. The highest BCUT2D eigenvalue weighted by molar-refractivity contribution is 5.90. The predicted molar refractivity (Wildman–Crippen MR) is 107 cm³/mol. The second-order valence-corrected chi connectivity index (χ2v) is 9.49. The van der Waals surface area contributed by atoms with E-state index in [1.807, 2.05) is 11.0 Å². The molecule has 3 fully saturated rings. The van der Waals surface area contributed by atoms with E-state index >= 15 is 0 Å². The summed E-state index contributed by atoms with van der Waals surface area (Å²) in [5.74, 6) is 0.366. The summed E-state index contributed by atoms with van der Waals surface area (Å²) < 4.78 is 0. The lowest BCUT2D eigenvalue weighted by Crippen LogP contribution is -2.44. The summed E-state index contributed by atoms with van der Waals surface area (Å²) >= 11 is 0. The molecule has 6 heteroatoms. The summed E-state index contributed by atoms with van der Waals surface area (Å²) in [5.41, 5.74) is 3.93. The van der Waals surface area contributed by atoms with Crippen molar-refractivity contribution in [3.05, 3.63) is 34.9 Å². The molecule has 2 saturated carbocycles. The minimum Gasteiger partial charge on any atom is -0.350 e. The Morgan fingerprint density at radius 3 is 2.62 bits per heavy atom. The van der Waals surface area contributed by atoms with Gasteiger partial charge in [0.15, 0.2) is 0 Å². The van der Waals surface area contributed by atoms with Crippen molar-refractivity contribution in [2.45, 2.75) is 77.0 Å². The van der Waals surface area contributed by atoms with Crippen LogP contribution >= 0.6 is 0 Å². The fraction of sp³-hybridized carbons (Fsp3) is 0.609. The van der Waals surface area contributed by atoms with Crippen molar-refractivity contribution in [3.8, 4) is 0 Å². The van der Waals surface area contributed by atoms with Gasteiger partial charge in [-0.2, -0.15) is 0 Å². The number of rotatable bonds is 4. The third kappa shape index (κ3) is 3.53. The molecule has 29 heavy (non-hydrogen) atoms. The van der Waals surface area contributed by atoms with Crippen LogP contribution in [0.15, 0.2) is 18.2 Å². The van der Waals surface area contributed by atoms with Crippen LogP contribution in [-0.4, -0.2) is 28.7 Å². The largest absolute Gasteiger partial charge is 0.350 e. The van der Waals surface area contributed by atoms with Gasteiger partial charge < -0.3 is 15.5 Å². The van der Waals surface area contributed by atoms with Crippen molar-refractivity contribution in [1.29, 1.82) is 0 Å². The summed E-state index contributed by atoms with van der Waals surface area (Å²) in [6.07, 6.45) is 8.47. The minimum atomic E-state index is -0.407. The summed E-state index contributed by atoms with van der Waals surface area (Å²) in [5, 5.41) is 5.61. The lowest BCUT2D eigenvalue weighted by molar-refractivity contribution is -0.144. The van der Waals surface area contributed by atoms with Gasteiger partial charge in [-0.25, -0.2) is 0 Å². The lowest BCUT2D eigenvalue weighted by Gasteiger charge is -2.45. The molecule has 0 radical (unpaired) electrons. The average Bonchev–Trinajstić information content (AvgIpc) is 3.42. The minimum absolute atomic E-state index is 0.0576. The van der Waals surface area contributed by atoms with Gasteiger partial charge in [0.05, 0.1) is 0 Å². The molecular formula is C23H29N3O3. The molecule has 1 spiro atoms. The maximum absolute atomic E-state index is 12.9. The molecule has 2 aliphatic heterocycles. The van der Waals surface area contributed by atoms with Crippen molar-refractivity contribution >= 4 is 17.7 Å². The molecule has 3 amide bonds. The molecule has 0 bridgehead atoms. The highest BCUT2D eigenvalue weighted by Gasteiger charge is 2.49. The Morgan fingerprint density at radius 1 is 1.14 bits per heavy atom. The van der Waals surface area contributed by atoms with Crippen molar-refractivity contribution in [3.63, 3.8) is 0 Å². The number of carbonyl (C=O) groups is 3. The highest BCUT2D eigenvalue weighted by Crippen LogP contribution is 2.56. The first-order chi connectivity index (χ1) is 14.0. The van der Waals surface area contributed by atoms with Crippen LogP contribution in [0.5, 0.6) is 0 Å². The van der Waals surface area contributed by atoms with Crippen molar-refractivity contribution in [2.24, 2.45) is 11.3 Å². The van der Waals surface area contributed by atoms with Gasteiger partial charge in [0, 0.05) is 32.0 Å². The normalized spacial score (nSPS) is 25.0. The second-order valence-electron chi connectivity index (χ2n) is 9.49. The van der Waals surface area contributed by atoms with Crippen LogP contribution in [0.4, 0.5) is 0 Å². The number of hydrogen-bond donors (Lipinski definition) is 2. The number of carbonyl (C=O) groups excluding carboxylic acids is 3. The maximum Gasteiger partial charge on any atom is 0.242 e. The fourth-order valence-electron chi connectivity index (χ4n) is 5.79. The molecule has 4 aliphatic rings. The first kappa shape index (κ1) is 18.6. The summed E-state index contributed by atoms with van der Waals surface area (Å²) in [6, 6.07) is 5.81. The van der Waals surface area contributed by atoms with Crippen LogP contribution in [0.3, 0.4) is 0 Å². The molecule has 0 aromatic heterocycles. The maximum atomic E-state index is 12.9. The summed E-state index contributed by atoms with van der Waals surface area (Å²) in [6.45, 7) is 1.83. The standard InChI is InChI=1S/C23H29N3O3/c27-20-6-5-19(25-20)21(28)24-12-15-3-4-16-13-26(14-17(16)9-15)22(29)18-10-23(11-18)7-1-2-8-23/h3-4,9,18-19H,1-2,5-8,10-14H2,(H,24,28)(H,25,27). The predicted octanol–water partition coefficient (Wildman–Crippen LogP) is 2.39. The van der Waals surface area contributed by atoms with Gasteiger partial charge in [0.1, 0.15) is 6.04 Å². The van der Waals surface area contributed by atoms with Crippen LogP contribution in [0, 0.1) is 11.3 Å². The van der Waals surface area contributed by atoms with Crippen LogP contribution in [0.2, 0.25) is 0 Å². The zero-order chi connectivity index (χ0) is 20.0. The Hall–Kier alpha value is -2.37. The van der Waals surface area contributed by atoms with Crippen LogP contribution in [-0.2, 0) is 34.0 Å². The van der Waals surface area contributed by atoms with Gasteiger partial charge >= 0.3 is 0 Å². The highest BCUT2D eigenvalue weighted by atomic mass is 16.2. The Morgan fingerprint density at radius 2 is 1.90 bits per heavy atom. The molecular weight excluding hydrogens is 366 g/mol. The van der Waals surface area contributed by atoms with Crippen LogP contribution < -0.4 is 10.6 Å². The molecule has 1 aromatic carbocycles. The van der Waals surface area contributed by atoms with Crippen LogP contribution in [0.25, 0.3) is 0 Å². The van der Waals surface area contributed by atoms with Gasteiger partial charge in [-0.1, -0.05) is 31.0 Å². The number of benzene rings is 1. The van der Waals surface area contributed by atoms with E-state index in [-0.39, 0.29) is 17.7 Å². The van der Waals surface area contributed by atoms with E-state index < -0.39 is 6.04 Å². The van der Waals surface area contributed by atoms with Crippen LogP contribution in [0.1, 0.15) is 68.1 Å². The van der Waals surface area contributed by atoms with E-state index in [1.54, 1.807) is 0 Å². The van der Waals surface area contributed by atoms with E-state index in [4.69, 9.17) is 0 Å². The Bertz CT molecular complexity index is 851. The third-order valence-electron chi connectivity index (χ3n) is 7.46. The van der Waals surface area contributed by atoms with Crippen molar-refractivity contribution in [2.75, 3.05) is 0 Å². The van der Waals surface area contributed by atoms with Gasteiger partial charge in [-0.3, -0.25) is 14.4 Å². The molecule has 154 valence electrons.